The number of carbonyl (C=O) groups excluding carboxylic acids is 2. The largest absolute Gasteiger partial charge is 0.493 e. The summed E-state index contributed by atoms with van der Waals surface area (Å²) in [6, 6.07) is 11.0. The minimum atomic E-state index is -0.208. The van der Waals surface area contributed by atoms with Gasteiger partial charge in [-0.1, -0.05) is 31.4 Å². The van der Waals surface area contributed by atoms with Crippen LogP contribution in [0.4, 0.5) is 5.69 Å². The van der Waals surface area contributed by atoms with Crippen molar-refractivity contribution >= 4 is 17.5 Å². The summed E-state index contributed by atoms with van der Waals surface area (Å²) < 4.78 is 11.0. The predicted molar refractivity (Wildman–Crippen MR) is 115 cm³/mol. The minimum Gasteiger partial charge on any atom is -0.493 e. The molecule has 160 valence electrons. The number of hydrogen-bond acceptors (Lipinski definition) is 5. The van der Waals surface area contributed by atoms with Crippen LogP contribution in [-0.4, -0.2) is 41.9 Å². The van der Waals surface area contributed by atoms with E-state index < -0.39 is 0 Å². The lowest BCUT2D eigenvalue weighted by Gasteiger charge is -2.31. The molecule has 1 N–H and O–H groups in total. The highest BCUT2D eigenvalue weighted by molar-refractivity contribution is 5.93. The van der Waals surface area contributed by atoms with Crippen LogP contribution in [-0.2, 0) is 9.59 Å². The monoisotopic (exact) mass is 411 g/mol. The zero-order chi connectivity index (χ0) is 21.3. The molecule has 1 saturated carbocycles. The molecule has 1 aromatic heterocycles. The van der Waals surface area contributed by atoms with Crippen molar-refractivity contribution in [2.45, 2.75) is 51.0 Å². The predicted octanol–water partition coefficient (Wildman–Crippen LogP) is 4.39. The van der Waals surface area contributed by atoms with Gasteiger partial charge in [0.2, 0.25) is 17.7 Å². The van der Waals surface area contributed by atoms with Gasteiger partial charge in [-0.2, -0.15) is 0 Å². The Labute approximate surface area is 177 Å². The average Bonchev–Trinajstić information content (AvgIpc) is 2.79. The van der Waals surface area contributed by atoms with Crippen molar-refractivity contribution in [1.29, 1.82) is 0 Å². The van der Waals surface area contributed by atoms with Crippen LogP contribution < -0.4 is 14.8 Å². The molecule has 0 aliphatic heterocycles. The summed E-state index contributed by atoms with van der Waals surface area (Å²) in [5.74, 6) is 1.38. The molecule has 0 saturated heterocycles. The molecule has 1 fully saturated rings. The highest BCUT2D eigenvalue weighted by Gasteiger charge is 2.22. The first-order valence-corrected chi connectivity index (χ1v) is 10.4. The fraction of sp³-hybridized carbons (Fsp3) is 0.435. The Kier molecular flexibility index (Phi) is 7.65. The summed E-state index contributed by atoms with van der Waals surface area (Å²) in [7, 11) is 3.42. The van der Waals surface area contributed by atoms with Gasteiger partial charge in [-0.25, -0.2) is 4.98 Å². The molecule has 0 unspecified atom stereocenters. The highest BCUT2D eigenvalue weighted by atomic mass is 16.5. The summed E-state index contributed by atoms with van der Waals surface area (Å²) >= 11 is 0. The smallest absolute Gasteiger partial charge is 0.224 e. The van der Waals surface area contributed by atoms with Crippen LogP contribution in [0, 0.1) is 0 Å². The number of nitrogens with zero attached hydrogens (tertiary/aromatic N) is 2. The third-order valence-electron chi connectivity index (χ3n) is 5.39. The number of rotatable bonds is 8. The van der Waals surface area contributed by atoms with E-state index in [1.165, 1.54) is 25.5 Å². The van der Waals surface area contributed by atoms with E-state index in [0.29, 0.717) is 29.1 Å². The Morgan fingerprint density at radius 1 is 1.07 bits per heavy atom. The van der Waals surface area contributed by atoms with Gasteiger partial charge in [-0.05, 0) is 31.0 Å². The number of methoxy groups -OCH3 is 1. The molecule has 7 nitrogen and oxygen atoms in total. The molecule has 1 aliphatic carbocycles. The quantitative estimate of drug-likeness (QED) is 0.697. The molecule has 30 heavy (non-hydrogen) atoms. The van der Waals surface area contributed by atoms with Crippen molar-refractivity contribution in [3.05, 3.63) is 42.6 Å². The second kappa shape index (κ2) is 10.6. The topological polar surface area (TPSA) is 80.8 Å². The fourth-order valence-corrected chi connectivity index (χ4v) is 3.62. The molecule has 3 rings (SSSR count). The van der Waals surface area contributed by atoms with E-state index in [-0.39, 0.29) is 24.7 Å². The third-order valence-corrected chi connectivity index (χ3v) is 5.39. The molecule has 1 aromatic carbocycles. The van der Waals surface area contributed by atoms with Crippen molar-refractivity contribution in [3.63, 3.8) is 0 Å². The molecule has 1 heterocycles. The van der Waals surface area contributed by atoms with E-state index in [0.717, 1.165) is 12.8 Å². The van der Waals surface area contributed by atoms with Crippen LogP contribution in [0.15, 0.2) is 42.6 Å². The first-order chi connectivity index (χ1) is 14.6. The number of amides is 2. The molecule has 1 aliphatic rings. The summed E-state index contributed by atoms with van der Waals surface area (Å²) in [4.78, 5) is 30.6. The van der Waals surface area contributed by atoms with Gasteiger partial charge in [0.1, 0.15) is 0 Å². The molecule has 2 amide bonds. The Bertz CT molecular complexity index is 848. The lowest BCUT2D eigenvalue weighted by molar-refractivity contribution is -0.134. The molecular weight excluding hydrogens is 382 g/mol. The summed E-state index contributed by atoms with van der Waals surface area (Å²) in [6.45, 7) is 0. The number of nitrogens with one attached hydrogen (secondary N) is 1. The maximum Gasteiger partial charge on any atom is 0.224 e. The third kappa shape index (κ3) is 5.95. The Hall–Kier alpha value is -3.09. The van der Waals surface area contributed by atoms with Crippen LogP contribution in [0.25, 0.3) is 0 Å². The number of carbonyl (C=O) groups is 2. The van der Waals surface area contributed by atoms with Crippen molar-refractivity contribution in [3.8, 4) is 17.4 Å². The van der Waals surface area contributed by atoms with Crippen LogP contribution in [0.1, 0.15) is 44.9 Å². The Morgan fingerprint density at radius 2 is 1.80 bits per heavy atom. The number of aromatic nitrogens is 1. The lowest BCUT2D eigenvalue weighted by Crippen LogP contribution is -2.38. The van der Waals surface area contributed by atoms with Crippen LogP contribution in [0.5, 0.6) is 17.4 Å². The summed E-state index contributed by atoms with van der Waals surface area (Å²) in [6.07, 6.45) is 7.60. The van der Waals surface area contributed by atoms with Crippen LogP contribution >= 0.6 is 0 Å². The fourth-order valence-electron chi connectivity index (χ4n) is 3.62. The molecule has 0 bridgehead atoms. The number of para-hydroxylation sites is 2. The van der Waals surface area contributed by atoms with Gasteiger partial charge in [-0.15, -0.1) is 0 Å². The Balaban J connectivity index is 1.46. The van der Waals surface area contributed by atoms with E-state index in [1.807, 2.05) is 24.1 Å². The number of hydrogen-bond donors (Lipinski definition) is 1. The van der Waals surface area contributed by atoms with E-state index >= 15 is 0 Å². The maximum absolute atomic E-state index is 12.4. The van der Waals surface area contributed by atoms with Crippen molar-refractivity contribution < 1.29 is 19.1 Å². The minimum absolute atomic E-state index is 0.0238. The van der Waals surface area contributed by atoms with Crippen LogP contribution in [0.2, 0.25) is 0 Å². The van der Waals surface area contributed by atoms with E-state index in [2.05, 4.69) is 10.3 Å². The number of ether oxygens (including phenoxy) is 2. The molecule has 0 atom stereocenters. The first-order valence-electron chi connectivity index (χ1n) is 10.4. The van der Waals surface area contributed by atoms with Gasteiger partial charge in [0.05, 0.1) is 19.0 Å². The molecule has 0 radical (unpaired) electrons. The van der Waals surface area contributed by atoms with Gasteiger partial charge >= 0.3 is 0 Å². The van der Waals surface area contributed by atoms with Crippen LogP contribution in [0.3, 0.4) is 0 Å². The van der Waals surface area contributed by atoms with E-state index in [1.54, 1.807) is 31.4 Å². The van der Waals surface area contributed by atoms with Crippen molar-refractivity contribution in [1.82, 2.24) is 9.88 Å². The maximum atomic E-state index is 12.4. The summed E-state index contributed by atoms with van der Waals surface area (Å²) in [5, 5.41) is 2.78. The standard InChI is InChI=1S/C23H29N3O4/c1-26(18-8-4-3-5-9-18)23(28)15-13-21(27)25-17-12-14-22(24-16-17)30-20-11-7-6-10-19(20)29-2/h6-7,10-12,14,16,18H,3-5,8-9,13,15H2,1-2H3,(H,25,27). The molecule has 0 spiro atoms. The van der Waals surface area contributed by atoms with Crippen molar-refractivity contribution in [2.75, 3.05) is 19.5 Å². The molecular formula is C23H29N3O4. The number of pyridine rings is 1. The SMILES string of the molecule is COc1ccccc1Oc1ccc(NC(=O)CCC(=O)N(C)C2CCCCC2)cn1. The van der Waals surface area contributed by atoms with Gasteiger partial charge in [0.15, 0.2) is 11.5 Å². The van der Waals surface area contributed by atoms with E-state index in [4.69, 9.17) is 9.47 Å². The van der Waals surface area contributed by atoms with Crippen molar-refractivity contribution in [2.24, 2.45) is 0 Å². The molecule has 7 heteroatoms. The average molecular weight is 412 g/mol. The molecule has 2 aromatic rings. The number of anilines is 1. The van der Waals surface area contributed by atoms with Gasteiger partial charge < -0.3 is 19.7 Å². The van der Waals surface area contributed by atoms with Gasteiger partial charge in [0, 0.05) is 32.0 Å². The highest BCUT2D eigenvalue weighted by Crippen LogP contribution is 2.30. The second-order valence-corrected chi connectivity index (χ2v) is 7.48. The Morgan fingerprint density at radius 3 is 2.47 bits per heavy atom. The van der Waals surface area contributed by atoms with E-state index in [9.17, 15) is 9.59 Å². The normalized spacial score (nSPS) is 14.1. The number of benzene rings is 1. The lowest BCUT2D eigenvalue weighted by atomic mass is 9.94. The second-order valence-electron chi connectivity index (χ2n) is 7.48. The zero-order valence-corrected chi connectivity index (χ0v) is 17.6. The van der Waals surface area contributed by atoms with Gasteiger partial charge in [-0.3, -0.25) is 9.59 Å². The zero-order valence-electron chi connectivity index (χ0n) is 17.6. The first kappa shape index (κ1) is 21.6. The van der Waals surface area contributed by atoms with Gasteiger partial charge in [0.25, 0.3) is 0 Å². The summed E-state index contributed by atoms with van der Waals surface area (Å²) in [5.41, 5.74) is 0.556.